The van der Waals surface area contributed by atoms with E-state index >= 15 is 0 Å². The molecule has 0 radical (unpaired) electrons. The lowest BCUT2D eigenvalue weighted by Gasteiger charge is -2.27. The van der Waals surface area contributed by atoms with E-state index in [1.807, 2.05) is 47.4 Å². The monoisotopic (exact) mass is 588 g/mol. The van der Waals surface area contributed by atoms with Crippen LogP contribution >= 0.6 is 15.9 Å². The molecule has 5 aromatic rings. The van der Waals surface area contributed by atoms with Crippen LogP contribution in [0.1, 0.15) is 28.1 Å². The Balaban J connectivity index is 1.32. The van der Waals surface area contributed by atoms with Gasteiger partial charge >= 0.3 is 0 Å². The van der Waals surface area contributed by atoms with Crippen LogP contribution in [-0.4, -0.2) is 26.3 Å². The zero-order valence-corrected chi connectivity index (χ0v) is 23.0. The third-order valence-electron chi connectivity index (χ3n) is 6.78. The molecule has 3 heterocycles. The maximum Gasteiger partial charge on any atom is 0.266 e. The van der Waals surface area contributed by atoms with Crippen molar-refractivity contribution in [3.05, 3.63) is 118 Å². The van der Waals surface area contributed by atoms with Crippen LogP contribution in [0.4, 0.5) is 17.5 Å². The third-order valence-corrected chi connectivity index (χ3v) is 7.31. The van der Waals surface area contributed by atoms with Gasteiger partial charge in [0.1, 0.15) is 6.54 Å². The molecule has 3 aromatic carbocycles. The summed E-state index contributed by atoms with van der Waals surface area (Å²) in [4.78, 5) is 11.7. The Morgan fingerprint density at radius 3 is 2.27 bits per heavy atom. The van der Waals surface area contributed by atoms with E-state index in [1.165, 1.54) is 5.56 Å². The third kappa shape index (κ3) is 5.26. The molecular weight excluding hydrogens is 566 g/mol. The summed E-state index contributed by atoms with van der Waals surface area (Å²) < 4.78 is 5.08. The summed E-state index contributed by atoms with van der Waals surface area (Å²) >= 11 is 3.52. The second kappa shape index (κ2) is 11.0. The minimum Gasteiger partial charge on any atom is -0.343 e. The van der Waals surface area contributed by atoms with Crippen LogP contribution in [0.25, 0.3) is 5.69 Å². The molecule has 0 fully saturated rings. The number of halogens is 1. The molecule has 0 aliphatic carbocycles. The number of rotatable bonds is 7. The van der Waals surface area contributed by atoms with E-state index in [2.05, 4.69) is 77.2 Å². The largest absolute Gasteiger partial charge is 0.343 e. The van der Waals surface area contributed by atoms with Crippen molar-refractivity contribution in [1.29, 1.82) is 10.5 Å². The number of benzene rings is 3. The standard InChI is InChI=1S/C30H23BrN9/c31-25-9-5-21(6-10-25)13-14-38-19-28-39(18-24-3-1-22(15-32)2-4-24)20-35-40(28)27-17-34-30(37-29(27)38)36-26-11-7-23(16-33)8-12-26/h1-12,17,20H,13-14,18-19H2,(H,34,36,37)/q+1. The first-order chi connectivity index (χ1) is 19.6. The zero-order valence-electron chi connectivity index (χ0n) is 21.4. The van der Waals surface area contributed by atoms with E-state index in [-0.39, 0.29) is 0 Å². The van der Waals surface area contributed by atoms with E-state index in [1.54, 1.807) is 18.3 Å². The van der Waals surface area contributed by atoms with Gasteiger partial charge in [-0.2, -0.15) is 15.5 Å². The highest BCUT2D eigenvalue weighted by Gasteiger charge is 2.33. The van der Waals surface area contributed by atoms with Crippen molar-refractivity contribution in [2.75, 3.05) is 16.8 Å². The van der Waals surface area contributed by atoms with Crippen molar-refractivity contribution in [3.8, 4) is 17.8 Å². The van der Waals surface area contributed by atoms with Crippen molar-refractivity contribution in [2.24, 2.45) is 0 Å². The molecule has 1 aliphatic heterocycles. The van der Waals surface area contributed by atoms with Gasteiger partial charge in [-0.05, 0) is 66.1 Å². The summed E-state index contributed by atoms with van der Waals surface area (Å²) in [5.41, 5.74) is 5.17. The summed E-state index contributed by atoms with van der Waals surface area (Å²) in [6.07, 6.45) is 4.47. The molecule has 0 saturated carbocycles. The number of nitrogens with one attached hydrogen (secondary N) is 1. The van der Waals surface area contributed by atoms with Gasteiger partial charge in [-0.15, -0.1) is 0 Å². The fourth-order valence-electron chi connectivity index (χ4n) is 4.65. The van der Waals surface area contributed by atoms with Crippen LogP contribution in [0.5, 0.6) is 0 Å². The fourth-order valence-corrected chi connectivity index (χ4v) is 4.92. The second-order valence-corrected chi connectivity index (χ2v) is 10.3. The Bertz CT molecular complexity index is 1750. The van der Waals surface area contributed by atoms with Crippen molar-refractivity contribution in [1.82, 2.24) is 19.7 Å². The van der Waals surface area contributed by atoms with Crippen molar-refractivity contribution in [3.63, 3.8) is 0 Å². The first-order valence-corrected chi connectivity index (χ1v) is 13.5. The molecule has 0 amide bonds. The second-order valence-electron chi connectivity index (χ2n) is 9.41. The fraction of sp³-hybridized carbons (Fsp3) is 0.133. The number of nitriles is 2. The Kier molecular flexibility index (Phi) is 6.92. The van der Waals surface area contributed by atoms with Gasteiger partial charge in [0.25, 0.3) is 12.2 Å². The molecule has 1 N–H and O–H groups in total. The minimum absolute atomic E-state index is 0.471. The highest BCUT2D eigenvalue weighted by molar-refractivity contribution is 9.10. The molecule has 9 nitrogen and oxygen atoms in total. The summed E-state index contributed by atoms with van der Waals surface area (Å²) in [5, 5.41) is 26.2. The van der Waals surface area contributed by atoms with E-state index < -0.39 is 0 Å². The average molecular weight is 589 g/mol. The smallest absolute Gasteiger partial charge is 0.266 e. The molecular formula is C30H23BrN9+. The van der Waals surface area contributed by atoms with Gasteiger partial charge in [-0.3, -0.25) is 0 Å². The lowest BCUT2D eigenvalue weighted by Crippen LogP contribution is -2.43. The molecule has 40 heavy (non-hydrogen) atoms. The number of nitrogens with zero attached hydrogens (tertiary/aromatic N) is 8. The van der Waals surface area contributed by atoms with Gasteiger partial charge in [-0.1, -0.05) is 44.9 Å². The quantitative estimate of drug-likeness (QED) is 0.272. The maximum atomic E-state index is 9.13. The molecule has 0 bridgehead atoms. The van der Waals surface area contributed by atoms with Crippen molar-refractivity contribution < 1.29 is 4.57 Å². The van der Waals surface area contributed by atoms with Gasteiger partial charge < -0.3 is 10.2 Å². The van der Waals surface area contributed by atoms with Gasteiger partial charge in [0.05, 0.1) is 36.0 Å². The van der Waals surface area contributed by atoms with Gasteiger partial charge in [0.15, 0.2) is 5.82 Å². The summed E-state index contributed by atoms with van der Waals surface area (Å²) in [7, 11) is 0. The van der Waals surface area contributed by atoms with E-state index in [0.29, 0.717) is 30.2 Å². The first kappa shape index (κ1) is 25.2. The molecule has 194 valence electrons. The van der Waals surface area contributed by atoms with Crippen LogP contribution in [0.2, 0.25) is 0 Å². The number of aromatic nitrogens is 5. The molecule has 0 saturated heterocycles. The highest BCUT2D eigenvalue weighted by atomic mass is 79.9. The average Bonchev–Trinajstić information content (AvgIpc) is 3.39. The lowest BCUT2D eigenvalue weighted by molar-refractivity contribution is -0.696. The molecule has 10 heteroatoms. The minimum atomic E-state index is 0.471. The van der Waals surface area contributed by atoms with Gasteiger partial charge in [-0.25, -0.2) is 9.55 Å². The molecule has 1 aliphatic rings. The Labute approximate surface area is 239 Å². The summed E-state index contributed by atoms with van der Waals surface area (Å²) in [6.45, 7) is 2.01. The molecule has 2 aromatic heterocycles. The van der Waals surface area contributed by atoms with Crippen molar-refractivity contribution in [2.45, 2.75) is 19.5 Å². The highest BCUT2D eigenvalue weighted by Crippen LogP contribution is 2.30. The van der Waals surface area contributed by atoms with Crippen molar-refractivity contribution >= 4 is 33.4 Å². The number of fused-ring (bicyclic) bond motifs is 3. The number of hydrogen-bond acceptors (Lipinski definition) is 7. The van der Waals surface area contributed by atoms with Gasteiger partial charge in [0, 0.05) is 21.8 Å². The van der Waals surface area contributed by atoms with Crippen LogP contribution in [0.15, 0.2) is 89.8 Å². The Morgan fingerprint density at radius 2 is 1.57 bits per heavy atom. The first-order valence-electron chi connectivity index (χ1n) is 12.7. The molecule has 6 rings (SSSR count). The molecule has 0 spiro atoms. The van der Waals surface area contributed by atoms with E-state index in [9.17, 15) is 0 Å². The maximum absolute atomic E-state index is 9.13. The normalized spacial score (nSPS) is 11.7. The summed E-state index contributed by atoms with van der Waals surface area (Å²) in [5.74, 6) is 2.28. The van der Waals surface area contributed by atoms with Gasteiger partial charge in [0.2, 0.25) is 11.6 Å². The van der Waals surface area contributed by atoms with Crippen LogP contribution in [0, 0.1) is 22.7 Å². The van der Waals surface area contributed by atoms with E-state index in [0.717, 1.165) is 46.0 Å². The Morgan fingerprint density at radius 1 is 0.900 bits per heavy atom. The molecule has 0 unspecified atom stereocenters. The topological polar surface area (TPSA) is 110 Å². The zero-order chi connectivity index (χ0) is 27.5. The number of anilines is 3. The predicted molar refractivity (Wildman–Crippen MR) is 153 cm³/mol. The SMILES string of the molecule is N#Cc1ccc(C[n+]2cnn3c2CN(CCc2ccc(Br)cc2)c2nc(Nc4ccc(C#N)cc4)ncc2-3)cc1. The van der Waals surface area contributed by atoms with Crippen LogP contribution in [0.3, 0.4) is 0 Å². The Hall–Kier alpha value is -5.06. The number of hydrogen-bond donors (Lipinski definition) is 1. The predicted octanol–water partition coefficient (Wildman–Crippen LogP) is 4.81. The van der Waals surface area contributed by atoms with Crippen LogP contribution < -0.4 is 14.8 Å². The van der Waals surface area contributed by atoms with Crippen LogP contribution in [-0.2, 0) is 19.5 Å². The van der Waals surface area contributed by atoms with E-state index in [4.69, 9.17) is 15.5 Å². The molecule has 0 atom stereocenters. The summed E-state index contributed by atoms with van der Waals surface area (Å²) in [6, 6.07) is 27.5. The lowest BCUT2D eigenvalue weighted by atomic mass is 10.1.